The number of hydrogen-bond acceptors (Lipinski definition) is 3. The molecule has 9 heteroatoms. The topological polar surface area (TPSA) is 54.4 Å². The number of halogens is 4. The highest BCUT2D eigenvalue weighted by atomic mass is 32.2. The number of rotatable bonds is 5. The van der Waals surface area contributed by atoms with Gasteiger partial charge in [-0.05, 0) is 29.5 Å². The van der Waals surface area contributed by atoms with Crippen molar-refractivity contribution >= 4 is 28.0 Å². The van der Waals surface area contributed by atoms with E-state index in [9.17, 15) is 26.0 Å². The Morgan fingerprint density at radius 3 is 2.00 bits per heavy atom. The summed E-state index contributed by atoms with van der Waals surface area (Å²) in [6.45, 7) is 3.42. The molecule has 0 amide bonds. The van der Waals surface area contributed by atoms with Crippen molar-refractivity contribution < 1.29 is 30.5 Å². The van der Waals surface area contributed by atoms with Gasteiger partial charge >= 0.3 is 20.6 Å². The van der Waals surface area contributed by atoms with Gasteiger partial charge in [-0.25, -0.2) is 0 Å². The van der Waals surface area contributed by atoms with E-state index < -0.39 is 32.4 Å². The molecular weight excluding hydrogens is 308 g/mol. The monoisotopic (exact) mass is 316 g/mol. The van der Waals surface area contributed by atoms with Gasteiger partial charge in [0.25, 0.3) is 0 Å². The molecule has 3 nitrogen and oxygen atoms in total. The Morgan fingerprint density at radius 2 is 1.63 bits per heavy atom. The fourth-order valence-electron chi connectivity index (χ4n) is 1.03. The molecule has 0 spiro atoms. The smallest absolute Gasteiger partial charge is 0.281 e. The van der Waals surface area contributed by atoms with Crippen molar-refractivity contribution in [3.63, 3.8) is 0 Å². The molecule has 0 aliphatic carbocycles. The Morgan fingerprint density at radius 1 is 1.16 bits per heavy atom. The zero-order valence-corrected chi connectivity index (χ0v) is 10.8. The summed E-state index contributed by atoms with van der Waals surface area (Å²) in [4.78, 5) is -0.279. The molecule has 0 saturated carbocycles. The number of alkyl halides is 4. The van der Waals surface area contributed by atoms with Gasteiger partial charge in [0.2, 0.25) is 0 Å². The minimum absolute atomic E-state index is 0.279. The first-order valence-corrected chi connectivity index (χ1v) is 6.91. The quantitative estimate of drug-likeness (QED) is 0.513. The Hall–Kier alpha value is -1.06. The van der Waals surface area contributed by atoms with Gasteiger partial charge in [0.15, 0.2) is 0 Å². The molecule has 0 unspecified atom stereocenters. The molecule has 0 aliphatic rings. The van der Waals surface area contributed by atoms with Gasteiger partial charge in [-0.2, -0.15) is 26.0 Å². The summed E-state index contributed by atoms with van der Waals surface area (Å²) in [5.74, 6) is 0. The Labute approximate surface area is 111 Å². The summed E-state index contributed by atoms with van der Waals surface area (Å²) >= 11 is -0.658. The first-order chi connectivity index (χ1) is 8.51. The lowest BCUT2D eigenvalue weighted by molar-refractivity contribution is -0.0946. The normalized spacial score (nSPS) is 13.3. The van der Waals surface area contributed by atoms with Gasteiger partial charge in [-0.3, -0.25) is 4.55 Å². The van der Waals surface area contributed by atoms with Gasteiger partial charge in [0.05, 0.1) is 0 Å². The third-order valence-corrected chi connectivity index (χ3v) is 4.08. The fraction of sp³-hybridized carbons (Fsp3) is 0.200. The second-order valence-corrected chi connectivity index (χ2v) is 6.03. The van der Waals surface area contributed by atoms with Crippen molar-refractivity contribution in [3.05, 3.63) is 36.4 Å². The van der Waals surface area contributed by atoms with Crippen LogP contribution < -0.4 is 0 Å². The van der Waals surface area contributed by atoms with Crippen LogP contribution in [0.15, 0.2) is 35.7 Å². The number of benzene rings is 1. The third kappa shape index (κ3) is 3.28. The summed E-state index contributed by atoms with van der Waals surface area (Å²) in [6.07, 6.45) is 1.42. The second kappa shape index (κ2) is 5.14. The highest BCUT2D eigenvalue weighted by molar-refractivity contribution is 8.01. The Bertz CT molecular complexity index is 567. The highest BCUT2D eigenvalue weighted by Crippen LogP contribution is 2.49. The summed E-state index contributed by atoms with van der Waals surface area (Å²) in [5, 5.41) is -10.6. The second-order valence-electron chi connectivity index (χ2n) is 3.38. The summed E-state index contributed by atoms with van der Waals surface area (Å²) in [7, 11) is -6.21. The number of hydrogen-bond donors (Lipinski definition) is 1. The minimum Gasteiger partial charge on any atom is -0.281 e. The predicted molar refractivity (Wildman–Crippen MR) is 63.8 cm³/mol. The molecule has 0 saturated heterocycles. The van der Waals surface area contributed by atoms with Crippen molar-refractivity contribution in [3.8, 4) is 0 Å². The molecule has 1 aromatic carbocycles. The summed E-state index contributed by atoms with van der Waals surface area (Å²) in [5.41, 5.74) is 0.578. The molecule has 0 bridgehead atoms. The van der Waals surface area contributed by atoms with Crippen molar-refractivity contribution in [2.24, 2.45) is 0 Å². The molecule has 19 heavy (non-hydrogen) atoms. The van der Waals surface area contributed by atoms with Crippen LogP contribution in [-0.2, 0) is 10.1 Å². The van der Waals surface area contributed by atoms with Crippen LogP contribution in [0.1, 0.15) is 5.56 Å². The van der Waals surface area contributed by atoms with E-state index in [1.807, 2.05) is 0 Å². The van der Waals surface area contributed by atoms with Crippen LogP contribution in [0.5, 0.6) is 0 Å². The molecule has 1 N–H and O–H groups in total. The summed E-state index contributed by atoms with van der Waals surface area (Å²) < 4.78 is 81.0. The molecule has 0 atom stereocenters. The van der Waals surface area contributed by atoms with Gasteiger partial charge in [-0.1, -0.05) is 24.8 Å². The standard InChI is InChI=1S/C10H8F4O3S2/c1-2-7-3-5-8(6-4-7)18-9(11,12)10(13,14)19(15,16)17/h2-6H,1H2,(H,15,16,17). The van der Waals surface area contributed by atoms with Gasteiger partial charge in [0, 0.05) is 4.90 Å². The minimum atomic E-state index is -6.21. The highest BCUT2D eigenvalue weighted by Gasteiger charge is 2.66. The van der Waals surface area contributed by atoms with Crippen LogP contribution in [0.4, 0.5) is 17.6 Å². The van der Waals surface area contributed by atoms with Crippen molar-refractivity contribution in [2.75, 3.05) is 0 Å². The van der Waals surface area contributed by atoms with E-state index in [0.717, 1.165) is 12.1 Å². The van der Waals surface area contributed by atoms with Crippen molar-refractivity contribution in [1.82, 2.24) is 0 Å². The maximum atomic E-state index is 13.2. The predicted octanol–water partition coefficient (Wildman–Crippen LogP) is 3.50. The largest absolute Gasteiger partial charge is 0.442 e. The van der Waals surface area contributed by atoms with E-state index in [2.05, 4.69) is 6.58 Å². The lowest BCUT2D eigenvalue weighted by Crippen LogP contribution is -2.44. The molecule has 106 valence electrons. The summed E-state index contributed by atoms with van der Waals surface area (Å²) in [6, 6.07) is 4.90. The Balaban J connectivity index is 3.05. The third-order valence-electron chi connectivity index (χ3n) is 2.02. The first-order valence-electron chi connectivity index (χ1n) is 4.65. The molecule has 0 aromatic heterocycles. The van der Waals surface area contributed by atoms with Gasteiger partial charge in [0.1, 0.15) is 0 Å². The molecule has 0 aliphatic heterocycles. The van der Waals surface area contributed by atoms with Crippen LogP contribution in [0.25, 0.3) is 6.08 Å². The molecule has 1 aromatic rings. The number of thioether (sulfide) groups is 1. The van der Waals surface area contributed by atoms with Crippen LogP contribution in [0.3, 0.4) is 0 Å². The molecule has 0 radical (unpaired) electrons. The van der Waals surface area contributed by atoms with E-state index >= 15 is 0 Å². The zero-order chi connectivity index (χ0) is 14.9. The van der Waals surface area contributed by atoms with Crippen molar-refractivity contribution in [2.45, 2.75) is 15.4 Å². The van der Waals surface area contributed by atoms with E-state index in [1.54, 1.807) is 0 Å². The van der Waals surface area contributed by atoms with E-state index in [0.29, 0.717) is 5.56 Å². The average molecular weight is 316 g/mol. The maximum Gasteiger partial charge on any atom is 0.442 e. The molecular formula is C10H8F4O3S2. The maximum absolute atomic E-state index is 13.2. The van der Waals surface area contributed by atoms with E-state index in [-0.39, 0.29) is 4.90 Å². The molecule has 0 heterocycles. The lowest BCUT2D eigenvalue weighted by atomic mass is 10.2. The van der Waals surface area contributed by atoms with Crippen molar-refractivity contribution in [1.29, 1.82) is 0 Å². The van der Waals surface area contributed by atoms with Gasteiger partial charge in [-0.15, -0.1) is 0 Å². The van der Waals surface area contributed by atoms with Crippen LogP contribution in [0.2, 0.25) is 0 Å². The van der Waals surface area contributed by atoms with Gasteiger partial charge < -0.3 is 0 Å². The van der Waals surface area contributed by atoms with E-state index in [1.165, 1.54) is 18.2 Å². The SMILES string of the molecule is C=Cc1ccc(SC(F)(F)C(F)(F)S(=O)(=O)O)cc1. The molecule has 1 rings (SSSR count). The fourth-order valence-corrected chi connectivity index (χ4v) is 2.46. The van der Waals surface area contributed by atoms with Crippen LogP contribution >= 0.6 is 11.8 Å². The van der Waals surface area contributed by atoms with Crippen LogP contribution in [-0.4, -0.2) is 23.5 Å². The van der Waals surface area contributed by atoms with Crippen LogP contribution in [0, 0.1) is 0 Å². The Kier molecular flexibility index (Phi) is 4.33. The lowest BCUT2D eigenvalue weighted by Gasteiger charge is -2.22. The molecule has 0 fully saturated rings. The van der Waals surface area contributed by atoms with E-state index in [4.69, 9.17) is 4.55 Å². The zero-order valence-electron chi connectivity index (χ0n) is 9.19. The average Bonchev–Trinajstić information content (AvgIpc) is 2.28. The first kappa shape index (κ1) is 16.0.